The van der Waals surface area contributed by atoms with E-state index in [-0.39, 0.29) is 30.0 Å². The van der Waals surface area contributed by atoms with E-state index >= 15 is 0 Å². The van der Waals surface area contributed by atoms with Crippen LogP contribution in [0.1, 0.15) is 50.5 Å². The number of carbonyl (C=O) groups is 4. The van der Waals surface area contributed by atoms with Crippen molar-refractivity contribution >= 4 is 46.0 Å². The Morgan fingerprint density at radius 2 is 1.45 bits per heavy atom. The molecule has 1 aliphatic carbocycles. The first kappa shape index (κ1) is 32.1. The summed E-state index contributed by atoms with van der Waals surface area (Å²) < 4.78 is 0. The number of allylic oxidation sites excluding steroid dienone is 3. The number of carbonyl (C=O) groups excluding carboxylic acids is 4. The number of H-pyrrole nitrogens is 1. The molecule has 2 aromatic carbocycles. The summed E-state index contributed by atoms with van der Waals surface area (Å²) in [5, 5.41) is 6.81. The van der Waals surface area contributed by atoms with Gasteiger partial charge in [-0.15, -0.1) is 0 Å². The Hall–Kier alpha value is -5.51. The Balaban J connectivity index is 0.963. The molecule has 3 aliphatic rings. The highest BCUT2D eigenvalue weighted by atomic mass is 16.2. The average molecular weight is 657 g/mol. The van der Waals surface area contributed by atoms with Gasteiger partial charge >= 0.3 is 0 Å². The predicted octanol–water partition coefficient (Wildman–Crippen LogP) is 6.00. The normalized spacial score (nSPS) is 18.8. The predicted molar refractivity (Wildman–Crippen MR) is 189 cm³/mol. The second kappa shape index (κ2) is 14.3. The van der Waals surface area contributed by atoms with E-state index < -0.39 is 12.1 Å². The lowest BCUT2D eigenvalue weighted by atomic mass is 10.0. The minimum absolute atomic E-state index is 0.0145. The molecule has 2 saturated heterocycles. The van der Waals surface area contributed by atoms with Crippen molar-refractivity contribution in [1.82, 2.24) is 19.8 Å². The Morgan fingerprint density at radius 3 is 2.12 bits per heavy atom. The molecule has 7 rings (SSSR count). The number of benzene rings is 2. The maximum absolute atomic E-state index is 13.3. The van der Waals surface area contributed by atoms with Gasteiger partial charge in [0.15, 0.2) is 0 Å². The number of hydrogen-bond donors (Lipinski definition) is 3. The quantitative estimate of drug-likeness (QED) is 0.204. The lowest BCUT2D eigenvalue weighted by Crippen LogP contribution is -2.43. The van der Waals surface area contributed by atoms with E-state index in [4.69, 9.17) is 0 Å². The molecule has 0 spiro atoms. The minimum atomic E-state index is -0.497. The fourth-order valence-corrected chi connectivity index (χ4v) is 7.05. The zero-order valence-corrected chi connectivity index (χ0v) is 27.4. The maximum atomic E-state index is 13.3. The van der Waals surface area contributed by atoms with Crippen LogP contribution < -0.4 is 10.6 Å². The van der Waals surface area contributed by atoms with Gasteiger partial charge < -0.3 is 25.4 Å². The lowest BCUT2D eigenvalue weighted by molar-refractivity contribution is -0.136. The first-order chi connectivity index (χ1) is 23.9. The summed E-state index contributed by atoms with van der Waals surface area (Å²) in [6, 6.07) is 20.0. The molecule has 4 amide bonds. The van der Waals surface area contributed by atoms with Crippen LogP contribution >= 0.6 is 0 Å². The van der Waals surface area contributed by atoms with Crippen LogP contribution in [0, 0.1) is 0 Å². The fraction of sp³-hybridized carbons (Fsp3) is 0.308. The van der Waals surface area contributed by atoms with Crippen molar-refractivity contribution in [2.45, 2.75) is 63.5 Å². The average Bonchev–Trinajstić information content (AvgIpc) is 3.90. The SMILES string of the molecule is O=C(Nc1cnc2[nH]c(-c3ccc(NC(=O)[C@@H]4CCCN4C(=O)Cc4ccccc4)cc3)cc2c1)[C@@H]1CCCN1C(=O)CC1=CCCC=C1. The number of amides is 4. The molecular weight excluding hydrogens is 616 g/mol. The number of anilines is 2. The largest absolute Gasteiger partial charge is 0.339 e. The van der Waals surface area contributed by atoms with Gasteiger partial charge in [0.1, 0.15) is 17.7 Å². The summed E-state index contributed by atoms with van der Waals surface area (Å²) in [6.45, 7) is 1.17. The third-order valence-corrected chi connectivity index (χ3v) is 9.58. The molecule has 2 fully saturated rings. The second-order valence-electron chi connectivity index (χ2n) is 13.0. The Bertz CT molecular complexity index is 1930. The van der Waals surface area contributed by atoms with E-state index in [2.05, 4.69) is 32.8 Å². The summed E-state index contributed by atoms with van der Waals surface area (Å²) in [4.78, 5) is 63.8. The molecule has 0 bridgehead atoms. The van der Waals surface area contributed by atoms with Crippen LogP contribution in [0.4, 0.5) is 11.4 Å². The summed E-state index contributed by atoms with van der Waals surface area (Å²) in [5.41, 5.74) is 5.61. The van der Waals surface area contributed by atoms with Crippen molar-refractivity contribution in [2.24, 2.45) is 0 Å². The Kier molecular flexibility index (Phi) is 9.36. The molecule has 250 valence electrons. The van der Waals surface area contributed by atoms with Crippen LogP contribution in [0.2, 0.25) is 0 Å². The topological polar surface area (TPSA) is 128 Å². The first-order valence-electron chi connectivity index (χ1n) is 17.1. The zero-order chi connectivity index (χ0) is 33.7. The number of aromatic nitrogens is 2. The minimum Gasteiger partial charge on any atom is -0.339 e. The number of nitrogens with zero attached hydrogens (tertiary/aromatic N) is 3. The summed E-state index contributed by atoms with van der Waals surface area (Å²) in [6.07, 6.45) is 13.2. The molecule has 10 nitrogen and oxygen atoms in total. The lowest BCUT2D eigenvalue weighted by Gasteiger charge is -2.24. The molecule has 4 aromatic rings. The molecule has 2 aromatic heterocycles. The van der Waals surface area contributed by atoms with Crippen molar-refractivity contribution in [3.8, 4) is 11.3 Å². The molecule has 10 heteroatoms. The van der Waals surface area contributed by atoms with E-state index in [9.17, 15) is 19.2 Å². The highest BCUT2D eigenvalue weighted by Crippen LogP contribution is 2.28. The van der Waals surface area contributed by atoms with Gasteiger partial charge in [-0.2, -0.15) is 0 Å². The number of aromatic amines is 1. The van der Waals surface area contributed by atoms with Crippen molar-refractivity contribution in [2.75, 3.05) is 23.7 Å². The van der Waals surface area contributed by atoms with E-state index in [1.807, 2.05) is 72.8 Å². The van der Waals surface area contributed by atoms with Crippen molar-refractivity contribution < 1.29 is 19.2 Å². The fourth-order valence-electron chi connectivity index (χ4n) is 7.05. The molecule has 0 saturated carbocycles. The van der Waals surface area contributed by atoms with Gasteiger partial charge in [0, 0.05) is 29.9 Å². The van der Waals surface area contributed by atoms with Gasteiger partial charge in [-0.1, -0.05) is 60.7 Å². The summed E-state index contributed by atoms with van der Waals surface area (Å²) in [5.74, 6) is -0.431. The van der Waals surface area contributed by atoms with Gasteiger partial charge in [-0.25, -0.2) is 4.98 Å². The Morgan fingerprint density at radius 1 is 0.776 bits per heavy atom. The molecule has 49 heavy (non-hydrogen) atoms. The van der Waals surface area contributed by atoms with Gasteiger partial charge in [-0.3, -0.25) is 19.2 Å². The third kappa shape index (κ3) is 7.33. The van der Waals surface area contributed by atoms with Crippen LogP contribution in [0.3, 0.4) is 0 Å². The second-order valence-corrected chi connectivity index (χ2v) is 13.0. The monoisotopic (exact) mass is 656 g/mol. The highest BCUT2D eigenvalue weighted by molar-refractivity contribution is 6.00. The molecule has 3 N–H and O–H groups in total. The molecular formula is C39H40N6O4. The van der Waals surface area contributed by atoms with Gasteiger partial charge in [0.2, 0.25) is 23.6 Å². The van der Waals surface area contributed by atoms with Crippen LogP contribution in [-0.2, 0) is 25.6 Å². The molecule has 2 atom stereocenters. The van der Waals surface area contributed by atoms with E-state index in [0.717, 1.165) is 53.5 Å². The summed E-state index contributed by atoms with van der Waals surface area (Å²) >= 11 is 0. The Labute approximate surface area is 285 Å². The smallest absolute Gasteiger partial charge is 0.247 e. The summed E-state index contributed by atoms with van der Waals surface area (Å²) in [7, 11) is 0. The van der Waals surface area contributed by atoms with Crippen molar-refractivity contribution in [3.05, 3.63) is 102 Å². The number of hydrogen-bond acceptors (Lipinski definition) is 5. The van der Waals surface area contributed by atoms with Crippen molar-refractivity contribution in [3.63, 3.8) is 0 Å². The van der Waals surface area contributed by atoms with Crippen LogP contribution in [0.25, 0.3) is 22.3 Å². The van der Waals surface area contributed by atoms with Crippen LogP contribution in [0.5, 0.6) is 0 Å². The van der Waals surface area contributed by atoms with Gasteiger partial charge in [-0.05, 0) is 79.5 Å². The first-order valence-corrected chi connectivity index (χ1v) is 17.1. The molecule has 0 unspecified atom stereocenters. The molecule has 0 radical (unpaired) electrons. The van der Waals surface area contributed by atoms with E-state index in [1.165, 1.54) is 0 Å². The molecule has 2 aliphatic heterocycles. The highest BCUT2D eigenvalue weighted by Gasteiger charge is 2.35. The van der Waals surface area contributed by atoms with Crippen LogP contribution in [0.15, 0.2) is 96.7 Å². The zero-order valence-electron chi connectivity index (χ0n) is 27.4. The molecule has 4 heterocycles. The van der Waals surface area contributed by atoms with E-state index in [1.54, 1.807) is 16.0 Å². The number of fused-ring (bicyclic) bond motifs is 1. The number of pyridine rings is 1. The maximum Gasteiger partial charge on any atom is 0.247 e. The van der Waals surface area contributed by atoms with Gasteiger partial charge in [0.25, 0.3) is 0 Å². The van der Waals surface area contributed by atoms with E-state index in [0.29, 0.717) is 49.4 Å². The number of likely N-dealkylation sites (tertiary alicyclic amines) is 2. The standard InChI is InChI=1S/C39H40N6O4/c46-35(21-26-9-3-1-4-10-26)44-19-7-13-33(44)38(48)41-30-17-15-28(16-18-30)32-24-29-23-31(25-40-37(29)43-32)42-39(49)34-14-8-20-45(34)36(47)22-27-11-5-2-6-12-27/h1,3-5,9-12,15-18,23-25,33-34H,2,6-8,13-14,19-22H2,(H,40,43)(H,41,48)(H,42,49)/t33-,34-/m0/s1. The third-order valence-electron chi connectivity index (χ3n) is 9.58. The number of nitrogens with one attached hydrogen (secondary N) is 3. The van der Waals surface area contributed by atoms with Gasteiger partial charge in [0.05, 0.1) is 24.7 Å². The number of rotatable bonds is 9. The van der Waals surface area contributed by atoms with Crippen molar-refractivity contribution in [1.29, 1.82) is 0 Å². The van der Waals surface area contributed by atoms with Crippen LogP contribution in [-0.4, -0.2) is 68.6 Å².